The molecule has 1 saturated carbocycles. The van der Waals surface area contributed by atoms with Gasteiger partial charge in [0.25, 0.3) is 0 Å². The molecule has 2 aliphatic carbocycles. The Labute approximate surface area is 168 Å². The van der Waals surface area contributed by atoms with E-state index in [1.54, 1.807) is 12.2 Å². The zero-order valence-corrected chi connectivity index (χ0v) is 17.3. The van der Waals surface area contributed by atoms with Crippen LogP contribution in [-0.2, 0) is 10.2 Å². The third-order valence-electron chi connectivity index (χ3n) is 6.42. The van der Waals surface area contributed by atoms with E-state index in [-0.39, 0.29) is 11.3 Å². The predicted molar refractivity (Wildman–Crippen MR) is 113 cm³/mol. The van der Waals surface area contributed by atoms with Crippen molar-refractivity contribution >= 4 is 5.97 Å². The van der Waals surface area contributed by atoms with Crippen LogP contribution in [0.5, 0.6) is 0 Å². The van der Waals surface area contributed by atoms with Crippen molar-refractivity contribution in [2.75, 3.05) is 20.6 Å². The number of allylic oxidation sites excluding steroid dienone is 2. The van der Waals surface area contributed by atoms with Crippen LogP contribution in [0.2, 0.25) is 0 Å². The second kappa shape index (κ2) is 8.22. The van der Waals surface area contributed by atoms with Gasteiger partial charge in [-0.2, -0.15) is 0 Å². The highest BCUT2D eigenvalue weighted by atomic mass is 16.4. The maximum Gasteiger partial charge on any atom is 0.314 e. The van der Waals surface area contributed by atoms with Crippen LogP contribution in [0.4, 0.5) is 0 Å². The number of aliphatic carboxylic acids is 1. The van der Waals surface area contributed by atoms with Gasteiger partial charge in [0.05, 0.1) is 11.5 Å². The smallest absolute Gasteiger partial charge is 0.314 e. The lowest BCUT2D eigenvalue weighted by Crippen LogP contribution is -2.43. The van der Waals surface area contributed by atoms with Crippen molar-refractivity contribution in [2.45, 2.75) is 56.0 Å². The van der Waals surface area contributed by atoms with Gasteiger partial charge in [-0.05, 0) is 45.0 Å². The first-order valence-corrected chi connectivity index (χ1v) is 10.3. The minimum Gasteiger partial charge on any atom is -0.481 e. The van der Waals surface area contributed by atoms with Gasteiger partial charge in [0, 0.05) is 17.9 Å². The summed E-state index contributed by atoms with van der Waals surface area (Å²) in [6.07, 6.45) is 12.6. The Morgan fingerprint density at radius 3 is 2.32 bits per heavy atom. The molecule has 4 nitrogen and oxygen atoms in total. The van der Waals surface area contributed by atoms with Gasteiger partial charge >= 0.3 is 5.97 Å². The Morgan fingerprint density at radius 1 is 1.14 bits per heavy atom. The number of carbonyl (C=O) groups is 1. The van der Waals surface area contributed by atoms with Gasteiger partial charge in [0.1, 0.15) is 0 Å². The Kier molecular flexibility index (Phi) is 6.11. The van der Waals surface area contributed by atoms with Crippen molar-refractivity contribution in [1.82, 2.24) is 4.90 Å². The summed E-state index contributed by atoms with van der Waals surface area (Å²) in [7, 11) is 4.11. The van der Waals surface area contributed by atoms with Crippen LogP contribution in [0, 0.1) is 5.92 Å². The van der Waals surface area contributed by atoms with Gasteiger partial charge in [-0.25, -0.2) is 0 Å². The van der Waals surface area contributed by atoms with E-state index >= 15 is 0 Å². The number of hydrogen-bond donors (Lipinski definition) is 2. The first-order valence-electron chi connectivity index (χ1n) is 10.3. The summed E-state index contributed by atoms with van der Waals surface area (Å²) in [4.78, 5) is 13.5. The molecule has 3 rings (SSSR count). The summed E-state index contributed by atoms with van der Waals surface area (Å²) >= 11 is 0. The lowest BCUT2D eigenvalue weighted by molar-refractivity contribution is -0.138. The summed E-state index contributed by atoms with van der Waals surface area (Å²) in [5.74, 6) is -1.38. The average Bonchev–Trinajstić information content (AvgIpc) is 2.67. The van der Waals surface area contributed by atoms with Crippen molar-refractivity contribution < 1.29 is 15.0 Å². The summed E-state index contributed by atoms with van der Waals surface area (Å²) in [6, 6.07) is 8.35. The molecule has 2 N–H and O–H groups in total. The second-order valence-corrected chi connectivity index (χ2v) is 8.93. The highest BCUT2D eigenvalue weighted by molar-refractivity contribution is 5.75. The number of carboxylic acid groups (broad SMARTS) is 1. The van der Waals surface area contributed by atoms with Crippen LogP contribution in [0.3, 0.4) is 0 Å². The average molecular weight is 384 g/mol. The first kappa shape index (κ1) is 20.8. The fraction of sp³-hybridized carbons (Fsp3) is 0.542. The second-order valence-electron chi connectivity index (χ2n) is 8.93. The maximum atomic E-state index is 11.6. The van der Waals surface area contributed by atoms with Crippen LogP contribution in [0.1, 0.15) is 56.1 Å². The quantitative estimate of drug-likeness (QED) is 0.726. The summed E-state index contributed by atoms with van der Waals surface area (Å²) in [5, 5.41) is 20.9. The van der Waals surface area contributed by atoms with E-state index in [1.807, 2.05) is 24.3 Å². The van der Waals surface area contributed by atoms with E-state index in [0.29, 0.717) is 0 Å². The van der Waals surface area contributed by atoms with Crippen LogP contribution < -0.4 is 0 Å². The van der Waals surface area contributed by atoms with Crippen molar-refractivity contribution in [3.05, 3.63) is 59.7 Å². The highest BCUT2D eigenvalue weighted by Crippen LogP contribution is 2.44. The molecule has 0 aliphatic heterocycles. The van der Waals surface area contributed by atoms with Crippen LogP contribution >= 0.6 is 0 Å². The molecule has 4 heteroatoms. The fourth-order valence-corrected chi connectivity index (χ4v) is 4.80. The third kappa shape index (κ3) is 4.23. The van der Waals surface area contributed by atoms with E-state index in [4.69, 9.17) is 0 Å². The van der Waals surface area contributed by atoms with Crippen LogP contribution in [0.25, 0.3) is 0 Å². The van der Waals surface area contributed by atoms with E-state index in [2.05, 4.69) is 38.1 Å². The molecule has 0 aromatic heterocycles. The first-order chi connectivity index (χ1) is 13.3. The number of aliphatic hydroxyl groups is 1. The monoisotopic (exact) mass is 383 g/mol. The van der Waals surface area contributed by atoms with Crippen molar-refractivity contribution in [2.24, 2.45) is 5.92 Å². The normalized spacial score (nSPS) is 27.7. The minimum absolute atomic E-state index is 0.0230. The van der Waals surface area contributed by atoms with E-state index in [1.165, 1.54) is 12.0 Å². The number of hydrogen-bond acceptors (Lipinski definition) is 3. The van der Waals surface area contributed by atoms with E-state index < -0.39 is 17.5 Å². The van der Waals surface area contributed by atoms with Gasteiger partial charge in [-0.15, -0.1) is 0 Å². The Balaban J connectivity index is 2.03. The van der Waals surface area contributed by atoms with E-state index in [0.717, 1.165) is 37.8 Å². The molecule has 1 fully saturated rings. The molecule has 1 aromatic rings. The molecule has 1 aromatic carbocycles. The standard InChI is InChI=1S/C24H33NO3/c1-23(15-11-18(12-16-23)22(26)27)20-10-6-5-9-19(20)21(17-25(2)3)24(28)13-7-4-8-14-24/h5-6,9-12,15-16,18,21,28H,4,7-8,13-14,17H2,1-3H3,(H,26,27). The minimum atomic E-state index is -0.829. The third-order valence-corrected chi connectivity index (χ3v) is 6.42. The number of rotatable bonds is 6. The van der Waals surface area contributed by atoms with Crippen molar-refractivity contribution in [3.63, 3.8) is 0 Å². The molecule has 1 atom stereocenters. The predicted octanol–water partition coefficient (Wildman–Crippen LogP) is 4.11. The van der Waals surface area contributed by atoms with Crippen molar-refractivity contribution in [1.29, 1.82) is 0 Å². The molecular weight excluding hydrogens is 350 g/mol. The molecule has 0 amide bonds. The van der Waals surface area contributed by atoms with Gasteiger partial charge in [0.2, 0.25) is 0 Å². The molecule has 0 spiro atoms. The number of carboxylic acids is 1. The number of benzene rings is 1. The zero-order valence-electron chi connectivity index (χ0n) is 17.3. The molecule has 0 saturated heterocycles. The fourth-order valence-electron chi connectivity index (χ4n) is 4.80. The number of likely N-dealkylation sites (N-methyl/N-ethyl adjacent to an activating group) is 1. The lowest BCUT2D eigenvalue weighted by atomic mass is 9.67. The number of nitrogens with zero attached hydrogens (tertiary/aromatic N) is 1. The van der Waals surface area contributed by atoms with E-state index in [9.17, 15) is 15.0 Å². The van der Waals surface area contributed by atoms with Gasteiger partial charge in [0.15, 0.2) is 0 Å². The molecule has 0 heterocycles. The molecule has 1 unspecified atom stereocenters. The van der Waals surface area contributed by atoms with Gasteiger partial charge < -0.3 is 15.1 Å². The van der Waals surface area contributed by atoms with Gasteiger partial charge in [-0.3, -0.25) is 4.79 Å². The SMILES string of the molecule is CN(C)CC(c1ccccc1C1(C)C=CC(C(=O)O)C=C1)C1(O)CCCCC1. The van der Waals surface area contributed by atoms with Crippen molar-refractivity contribution in [3.8, 4) is 0 Å². The summed E-state index contributed by atoms with van der Waals surface area (Å²) < 4.78 is 0. The zero-order chi connectivity index (χ0) is 20.4. The molecule has 28 heavy (non-hydrogen) atoms. The maximum absolute atomic E-state index is 11.6. The van der Waals surface area contributed by atoms with Crippen LogP contribution in [-0.4, -0.2) is 47.3 Å². The Hall–Kier alpha value is -1.91. The molecule has 0 bridgehead atoms. The van der Waals surface area contributed by atoms with Gasteiger partial charge in [-0.1, -0.05) is 67.8 Å². The molecule has 152 valence electrons. The highest BCUT2D eigenvalue weighted by Gasteiger charge is 2.41. The summed E-state index contributed by atoms with van der Waals surface area (Å²) in [6.45, 7) is 2.91. The Morgan fingerprint density at radius 2 is 1.75 bits per heavy atom. The summed E-state index contributed by atoms with van der Waals surface area (Å²) in [5.41, 5.74) is 1.25. The Bertz CT molecular complexity index is 745. The molecule has 0 radical (unpaired) electrons. The van der Waals surface area contributed by atoms with Crippen LogP contribution in [0.15, 0.2) is 48.6 Å². The largest absolute Gasteiger partial charge is 0.481 e. The molecular formula is C24H33NO3. The lowest BCUT2D eigenvalue weighted by Gasteiger charge is -2.43. The molecule has 2 aliphatic rings. The topological polar surface area (TPSA) is 60.8 Å².